The molecule has 0 spiro atoms. The van der Waals surface area contributed by atoms with Gasteiger partial charge in [0.15, 0.2) is 0 Å². The molecule has 1 aliphatic heterocycles. The number of hydrogen-bond donors (Lipinski definition) is 1. The van der Waals surface area contributed by atoms with Crippen molar-refractivity contribution < 1.29 is 4.39 Å². The topological polar surface area (TPSA) is 15.3 Å². The van der Waals surface area contributed by atoms with Gasteiger partial charge in [-0.1, -0.05) is 26.0 Å². The van der Waals surface area contributed by atoms with Crippen LogP contribution in [-0.2, 0) is 6.54 Å². The number of para-hydroxylation sites is 1. The number of rotatable bonds is 5. The predicted octanol–water partition coefficient (Wildman–Crippen LogP) is 3.56. The number of halogens is 1. The Bertz CT molecular complexity index is 468. The molecule has 0 bridgehead atoms. The molecule has 3 rings (SSSR count). The van der Waals surface area contributed by atoms with Gasteiger partial charge in [-0.3, -0.25) is 0 Å². The normalized spacial score (nSPS) is 22.8. The molecule has 1 heterocycles. The van der Waals surface area contributed by atoms with Crippen molar-refractivity contribution in [1.82, 2.24) is 5.32 Å². The SMILES string of the molecule is CC(C)C1CCN(c2c(F)cccc2CNC2CC2)C1. The molecular formula is C17H25FN2. The Labute approximate surface area is 121 Å². The van der Waals surface area contributed by atoms with Crippen molar-refractivity contribution in [3.63, 3.8) is 0 Å². The molecule has 0 radical (unpaired) electrons. The monoisotopic (exact) mass is 276 g/mol. The van der Waals surface area contributed by atoms with Crippen molar-refractivity contribution in [3.05, 3.63) is 29.6 Å². The van der Waals surface area contributed by atoms with Crippen molar-refractivity contribution in [1.29, 1.82) is 0 Å². The quantitative estimate of drug-likeness (QED) is 0.884. The minimum absolute atomic E-state index is 0.0653. The van der Waals surface area contributed by atoms with E-state index < -0.39 is 0 Å². The van der Waals surface area contributed by atoms with Crippen LogP contribution in [0.3, 0.4) is 0 Å². The lowest BCUT2D eigenvalue weighted by molar-refractivity contribution is 0.422. The maximum Gasteiger partial charge on any atom is 0.146 e. The van der Waals surface area contributed by atoms with Gasteiger partial charge >= 0.3 is 0 Å². The molecule has 2 aliphatic rings. The summed E-state index contributed by atoms with van der Waals surface area (Å²) in [6.45, 7) is 7.31. The first-order chi connectivity index (χ1) is 9.65. The average Bonchev–Trinajstić information content (AvgIpc) is 3.12. The van der Waals surface area contributed by atoms with Crippen molar-refractivity contribution in [2.75, 3.05) is 18.0 Å². The van der Waals surface area contributed by atoms with Crippen LogP contribution in [0.4, 0.5) is 10.1 Å². The van der Waals surface area contributed by atoms with Crippen LogP contribution in [0.1, 0.15) is 38.7 Å². The fraction of sp³-hybridized carbons (Fsp3) is 0.647. The summed E-state index contributed by atoms with van der Waals surface area (Å²) in [5, 5.41) is 3.50. The average molecular weight is 276 g/mol. The highest BCUT2D eigenvalue weighted by Crippen LogP contribution is 2.32. The molecular weight excluding hydrogens is 251 g/mol. The van der Waals surface area contributed by atoms with E-state index in [4.69, 9.17) is 0 Å². The molecule has 3 heteroatoms. The standard InChI is InChI=1S/C17H25FN2/c1-12(2)14-8-9-20(11-14)17-13(4-3-5-16(17)18)10-19-15-6-7-15/h3-5,12,14-15,19H,6-11H2,1-2H3. The van der Waals surface area contributed by atoms with E-state index in [1.165, 1.54) is 19.3 Å². The molecule has 20 heavy (non-hydrogen) atoms. The van der Waals surface area contributed by atoms with Crippen molar-refractivity contribution in [2.45, 2.75) is 45.7 Å². The highest BCUT2D eigenvalue weighted by Gasteiger charge is 2.28. The van der Waals surface area contributed by atoms with E-state index in [1.54, 1.807) is 6.07 Å². The largest absolute Gasteiger partial charge is 0.369 e. The van der Waals surface area contributed by atoms with Gasteiger partial charge in [-0.05, 0) is 42.7 Å². The number of hydrogen-bond acceptors (Lipinski definition) is 2. The van der Waals surface area contributed by atoms with Gasteiger partial charge in [0.25, 0.3) is 0 Å². The first kappa shape index (κ1) is 13.9. The second-order valence-electron chi connectivity index (χ2n) is 6.64. The fourth-order valence-electron chi connectivity index (χ4n) is 3.13. The molecule has 1 aromatic carbocycles. The van der Waals surface area contributed by atoms with E-state index in [1.807, 2.05) is 6.07 Å². The number of nitrogens with one attached hydrogen (secondary N) is 1. The molecule has 1 aromatic rings. The Kier molecular flexibility index (Phi) is 3.97. The zero-order valence-corrected chi connectivity index (χ0v) is 12.5. The van der Waals surface area contributed by atoms with Gasteiger partial charge in [0.2, 0.25) is 0 Å². The lowest BCUT2D eigenvalue weighted by Gasteiger charge is -2.24. The minimum atomic E-state index is -0.0653. The summed E-state index contributed by atoms with van der Waals surface area (Å²) in [4.78, 5) is 2.25. The number of nitrogens with zero attached hydrogens (tertiary/aromatic N) is 1. The van der Waals surface area contributed by atoms with Crippen LogP contribution in [0.15, 0.2) is 18.2 Å². The second-order valence-corrected chi connectivity index (χ2v) is 6.64. The van der Waals surface area contributed by atoms with Gasteiger partial charge in [0, 0.05) is 25.7 Å². The summed E-state index contributed by atoms with van der Waals surface area (Å²) in [7, 11) is 0. The van der Waals surface area contributed by atoms with Crippen molar-refractivity contribution >= 4 is 5.69 Å². The van der Waals surface area contributed by atoms with Crippen LogP contribution in [0.5, 0.6) is 0 Å². The van der Waals surface area contributed by atoms with Gasteiger partial charge in [0.1, 0.15) is 5.82 Å². The van der Waals surface area contributed by atoms with Crippen LogP contribution >= 0.6 is 0 Å². The van der Waals surface area contributed by atoms with Gasteiger partial charge in [0.05, 0.1) is 5.69 Å². The number of anilines is 1. The molecule has 2 nitrogen and oxygen atoms in total. The Hall–Kier alpha value is -1.09. The Morgan fingerprint density at radius 1 is 1.30 bits per heavy atom. The van der Waals surface area contributed by atoms with Crippen molar-refractivity contribution in [3.8, 4) is 0 Å². The zero-order valence-electron chi connectivity index (χ0n) is 12.5. The Morgan fingerprint density at radius 3 is 2.75 bits per heavy atom. The van der Waals surface area contributed by atoms with E-state index in [-0.39, 0.29) is 5.82 Å². The molecule has 1 atom stereocenters. The molecule has 2 fully saturated rings. The van der Waals surface area contributed by atoms with Gasteiger partial charge in [-0.15, -0.1) is 0 Å². The Balaban J connectivity index is 1.76. The highest BCUT2D eigenvalue weighted by molar-refractivity contribution is 5.55. The summed E-state index contributed by atoms with van der Waals surface area (Å²) in [6, 6.07) is 6.15. The molecule has 0 aromatic heterocycles. The molecule has 1 aliphatic carbocycles. The molecule has 1 saturated carbocycles. The lowest BCUT2D eigenvalue weighted by atomic mass is 9.95. The number of benzene rings is 1. The van der Waals surface area contributed by atoms with E-state index in [0.29, 0.717) is 17.9 Å². The van der Waals surface area contributed by atoms with Gasteiger partial charge in [-0.2, -0.15) is 0 Å². The summed E-state index contributed by atoms with van der Waals surface area (Å²) in [5.74, 6) is 1.31. The maximum absolute atomic E-state index is 14.3. The van der Waals surface area contributed by atoms with Crippen LogP contribution in [0.2, 0.25) is 0 Å². The van der Waals surface area contributed by atoms with Crippen LogP contribution in [0, 0.1) is 17.7 Å². The third-order valence-electron chi connectivity index (χ3n) is 4.71. The predicted molar refractivity (Wildman–Crippen MR) is 81.4 cm³/mol. The maximum atomic E-state index is 14.3. The highest BCUT2D eigenvalue weighted by atomic mass is 19.1. The molecule has 110 valence electrons. The smallest absolute Gasteiger partial charge is 0.146 e. The summed E-state index contributed by atoms with van der Waals surface area (Å²) >= 11 is 0. The zero-order chi connectivity index (χ0) is 14.1. The van der Waals surface area contributed by atoms with Crippen LogP contribution < -0.4 is 10.2 Å². The molecule has 1 N–H and O–H groups in total. The van der Waals surface area contributed by atoms with E-state index >= 15 is 0 Å². The van der Waals surface area contributed by atoms with Gasteiger partial charge < -0.3 is 10.2 Å². The summed E-state index contributed by atoms with van der Waals surface area (Å²) < 4.78 is 14.3. The lowest BCUT2D eigenvalue weighted by Crippen LogP contribution is -2.25. The van der Waals surface area contributed by atoms with Crippen LogP contribution in [-0.4, -0.2) is 19.1 Å². The molecule has 0 amide bonds. The first-order valence-electron chi connectivity index (χ1n) is 7.91. The molecule has 1 unspecified atom stereocenters. The third-order valence-corrected chi connectivity index (χ3v) is 4.71. The third kappa shape index (κ3) is 2.98. The van der Waals surface area contributed by atoms with E-state index in [2.05, 4.69) is 30.1 Å². The van der Waals surface area contributed by atoms with Gasteiger partial charge in [-0.25, -0.2) is 4.39 Å². The van der Waals surface area contributed by atoms with E-state index in [0.717, 1.165) is 30.9 Å². The fourth-order valence-corrected chi connectivity index (χ4v) is 3.13. The molecule has 1 saturated heterocycles. The van der Waals surface area contributed by atoms with Crippen LogP contribution in [0.25, 0.3) is 0 Å². The summed E-state index contributed by atoms with van der Waals surface area (Å²) in [5.41, 5.74) is 1.95. The van der Waals surface area contributed by atoms with Crippen molar-refractivity contribution in [2.24, 2.45) is 11.8 Å². The second kappa shape index (κ2) is 5.72. The Morgan fingerprint density at radius 2 is 2.10 bits per heavy atom. The first-order valence-corrected chi connectivity index (χ1v) is 7.91. The summed E-state index contributed by atoms with van der Waals surface area (Å²) in [6.07, 6.45) is 3.72. The minimum Gasteiger partial charge on any atom is -0.369 e. The van der Waals surface area contributed by atoms with E-state index in [9.17, 15) is 4.39 Å².